The third kappa shape index (κ3) is 8.75. The van der Waals surface area contributed by atoms with Gasteiger partial charge in [-0.3, -0.25) is 28.8 Å². The maximum atomic E-state index is 15.0. The van der Waals surface area contributed by atoms with E-state index in [-0.39, 0.29) is 56.1 Å². The van der Waals surface area contributed by atoms with Gasteiger partial charge in [-0.1, -0.05) is 51.8 Å². The SMILES string of the molecule is C=C[C@@H]1C[C@]1(CC(=O)[C@@H]1C[C@@H]2CN1C(=O)[C@H](C(C)(C)C)CC(=O)O[C@@H]1C[C@H]1CCCCCc1c(nc3ccccc3c1OC1CN(CC3CC3)C1)O2)C(=O)NS(=O)(=O)C1(C)CC1. The van der Waals surface area contributed by atoms with Crippen molar-refractivity contribution in [3.05, 3.63) is 42.5 Å². The van der Waals surface area contributed by atoms with Crippen molar-refractivity contribution < 1.29 is 41.8 Å². The lowest BCUT2D eigenvalue weighted by molar-refractivity contribution is -0.154. The smallest absolute Gasteiger partial charge is 0.306 e. The number of Topliss-reactive ketones (excluding diaryl/α,β-unsaturated/α-hetero) is 1. The van der Waals surface area contributed by atoms with E-state index in [9.17, 15) is 27.6 Å². The molecule has 0 unspecified atom stereocenters. The van der Waals surface area contributed by atoms with E-state index in [1.165, 1.54) is 12.8 Å². The molecule has 1 N–H and O–H groups in total. The predicted octanol–water partition coefficient (Wildman–Crippen LogP) is 6.31. The summed E-state index contributed by atoms with van der Waals surface area (Å²) in [6, 6.07) is 6.94. The first-order chi connectivity index (χ1) is 29.5. The van der Waals surface area contributed by atoms with Gasteiger partial charge in [0.1, 0.15) is 24.1 Å². The highest BCUT2D eigenvalue weighted by Gasteiger charge is 2.62. The number of benzene rings is 1. The average molecular weight is 873 g/mol. The zero-order valence-electron chi connectivity index (χ0n) is 36.9. The Labute approximate surface area is 366 Å². The van der Waals surface area contributed by atoms with Crippen LogP contribution in [0.25, 0.3) is 10.9 Å². The first kappa shape index (κ1) is 43.2. The molecule has 4 aliphatic carbocycles. The summed E-state index contributed by atoms with van der Waals surface area (Å²) in [6.45, 7) is 14.1. The number of fused-ring (bicyclic) bond motifs is 5. The molecule has 4 heterocycles. The quantitative estimate of drug-likeness (QED) is 0.199. The third-order valence-electron chi connectivity index (χ3n) is 15.1. The second-order valence-corrected chi connectivity index (χ2v) is 23.3. The number of ketones is 1. The molecule has 2 amide bonds. The van der Waals surface area contributed by atoms with E-state index in [1.54, 1.807) is 17.9 Å². The number of hydrogen-bond donors (Lipinski definition) is 1. The van der Waals surface area contributed by atoms with Crippen LogP contribution in [0.1, 0.15) is 117 Å². The van der Waals surface area contributed by atoms with Gasteiger partial charge in [0, 0.05) is 37.9 Å². The standard InChI is InChI=1S/C48H64N4O9S/c1-6-31-23-48(31,45(56)50-62(57,58)47(5)18-19-47)24-39(53)38-21-32-28-52(38)44(55)36(46(2,3)4)22-41(54)61-40-20-30(40)12-8-7-9-14-35-42(59-33-26-51(27-33)25-29-16-17-29)34-13-10-11-15-37(34)49-43(35)60-32/h6,10-11,13,15,29-33,36,38,40H,1,7-9,12,14,16-28H2,2-5H3,(H,50,56)/t30-,31-,32-,36-,38+,40-,48-/m1/s1. The van der Waals surface area contributed by atoms with Crippen LogP contribution in [0.4, 0.5) is 0 Å². The highest BCUT2D eigenvalue weighted by molar-refractivity contribution is 7.91. The van der Waals surface area contributed by atoms with Gasteiger partial charge in [0.25, 0.3) is 0 Å². The van der Waals surface area contributed by atoms with E-state index in [0.29, 0.717) is 31.1 Å². The minimum absolute atomic E-state index is 0.0376. The minimum atomic E-state index is -3.96. The van der Waals surface area contributed by atoms with Crippen molar-refractivity contribution in [2.45, 2.75) is 147 Å². The average Bonchev–Trinajstić information content (AvgIpc) is 4.04. The van der Waals surface area contributed by atoms with Gasteiger partial charge in [0.05, 0.1) is 46.2 Å². The molecular formula is C48H64N4O9S. The number of esters is 1. The zero-order valence-corrected chi connectivity index (χ0v) is 37.7. The highest BCUT2D eigenvalue weighted by atomic mass is 32.2. The molecule has 6 fully saturated rings. The van der Waals surface area contributed by atoms with Gasteiger partial charge >= 0.3 is 5.97 Å². The maximum absolute atomic E-state index is 15.0. The Bertz CT molecular complexity index is 2240. The molecule has 13 nitrogen and oxygen atoms in total. The Morgan fingerprint density at radius 1 is 1.03 bits per heavy atom. The number of para-hydroxylation sites is 1. The lowest BCUT2D eigenvalue weighted by Crippen LogP contribution is -2.54. The molecule has 7 atom stereocenters. The van der Waals surface area contributed by atoms with Crippen molar-refractivity contribution in [2.24, 2.45) is 34.5 Å². The van der Waals surface area contributed by atoms with Crippen molar-refractivity contribution in [2.75, 3.05) is 26.2 Å². The summed E-state index contributed by atoms with van der Waals surface area (Å²) in [5.41, 5.74) is -0.355. The Hall–Kier alpha value is -4.04. The van der Waals surface area contributed by atoms with Crippen LogP contribution in [-0.4, -0.2) is 102 Å². The number of carbonyl (C=O) groups excluding carboxylic acids is 4. The van der Waals surface area contributed by atoms with E-state index >= 15 is 0 Å². The van der Waals surface area contributed by atoms with Crippen LogP contribution in [-0.2, 0) is 40.4 Å². The number of sulfonamides is 1. The fourth-order valence-electron chi connectivity index (χ4n) is 10.1. The second-order valence-electron chi connectivity index (χ2n) is 21.1. The molecule has 4 saturated carbocycles. The molecule has 2 bridgehead atoms. The Morgan fingerprint density at radius 3 is 2.48 bits per heavy atom. The topological polar surface area (TPSA) is 162 Å². The van der Waals surface area contributed by atoms with Crippen molar-refractivity contribution in [1.29, 1.82) is 0 Å². The van der Waals surface area contributed by atoms with E-state index in [0.717, 1.165) is 79.9 Å². The van der Waals surface area contributed by atoms with Gasteiger partial charge in [-0.2, -0.15) is 0 Å². The van der Waals surface area contributed by atoms with Gasteiger partial charge in [0.2, 0.25) is 27.7 Å². The molecule has 0 spiro atoms. The summed E-state index contributed by atoms with van der Waals surface area (Å²) >= 11 is 0. The lowest BCUT2D eigenvalue weighted by Gasteiger charge is -2.39. The summed E-state index contributed by atoms with van der Waals surface area (Å²) in [5, 5.41) is 0.923. The number of allylic oxidation sites excluding steroid dienone is 1. The number of aromatic nitrogens is 1. The van der Waals surface area contributed by atoms with Crippen LogP contribution >= 0.6 is 0 Å². The number of pyridine rings is 1. The fraction of sp³-hybridized carbons (Fsp3) is 0.688. The summed E-state index contributed by atoms with van der Waals surface area (Å²) in [7, 11) is -3.96. The molecule has 1 aromatic carbocycles. The Balaban J connectivity index is 1.04. The van der Waals surface area contributed by atoms with Gasteiger partial charge < -0.3 is 19.1 Å². The summed E-state index contributed by atoms with van der Waals surface area (Å²) in [5.74, 6) is -0.752. The number of carbonyl (C=O) groups is 4. The zero-order chi connectivity index (χ0) is 43.8. The number of hydrogen-bond acceptors (Lipinski definition) is 11. The van der Waals surface area contributed by atoms with Gasteiger partial charge in [-0.05, 0) is 100 Å². The molecule has 7 aliphatic rings. The number of nitrogens with one attached hydrogen (secondary N) is 1. The van der Waals surface area contributed by atoms with Crippen LogP contribution in [0.2, 0.25) is 0 Å². The normalized spacial score (nSPS) is 31.6. The van der Waals surface area contributed by atoms with Crippen LogP contribution < -0.4 is 14.2 Å². The first-order valence-corrected chi connectivity index (χ1v) is 24.6. The van der Waals surface area contributed by atoms with Gasteiger partial charge in [-0.15, -0.1) is 6.58 Å². The Morgan fingerprint density at radius 2 is 1.79 bits per heavy atom. The highest BCUT2D eigenvalue weighted by Crippen LogP contribution is 2.57. The molecule has 2 aromatic rings. The lowest BCUT2D eigenvalue weighted by atomic mass is 9.77. The first-order valence-electron chi connectivity index (χ1n) is 23.2. The van der Waals surface area contributed by atoms with Crippen LogP contribution in [0.15, 0.2) is 36.9 Å². The van der Waals surface area contributed by atoms with Crippen LogP contribution in [0, 0.1) is 34.5 Å². The van der Waals surface area contributed by atoms with E-state index in [2.05, 4.69) is 16.2 Å². The maximum Gasteiger partial charge on any atom is 0.306 e. The number of amides is 2. The number of rotatable bonds is 11. The number of ether oxygens (including phenoxy) is 3. The summed E-state index contributed by atoms with van der Waals surface area (Å²) in [4.78, 5) is 66.3. The summed E-state index contributed by atoms with van der Waals surface area (Å²) in [6.07, 6.45) is 9.61. The van der Waals surface area contributed by atoms with E-state index in [1.807, 2.05) is 45.0 Å². The molecule has 14 heteroatoms. The van der Waals surface area contributed by atoms with Crippen molar-refractivity contribution in [1.82, 2.24) is 19.5 Å². The van der Waals surface area contributed by atoms with E-state index in [4.69, 9.17) is 19.2 Å². The van der Waals surface area contributed by atoms with Crippen LogP contribution in [0.3, 0.4) is 0 Å². The molecule has 3 aliphatic heterocycles. The molecule has 1 aromatic heterocycles. The second kappa shape index (κ2) is 16.2. The largest absolute Gasteiger partial charge is 0.487 e. The number of nitrogens with zero attached hydrogens (tertiary/aromatic N) is 3. The minimum Gasteiger partial charge on any atom is -0.487 e. The van der Waals surface area contributed by atoms with Crippen molar-refractivity contribution in [3.63, 3.8) is 0 Å². The van der Waals surface area contributed by atoms with Crippen LogP contribution in [0.5, 0.6) is 11.6 Å². The summed E-state index contributed by atoms with van der Waals surface area (Å²) < 4.78 is 47.5. The fourth-order valence-corrected chi connectivity index (χ4v) is 11.5. The van der Waals surface area contributed by atoms with Gasteiger partial charge in [-0.25, -0.2) is 13.4 Å². The van der Waals surface area contributed by atoms with E-state index < -0.39 is 61.5 Å². The molecule has 9 rings (SSSR count). The molecule has 62 heavy (non-hydrogen) atoms. The van der Waals surface area contributed by atoms with Crippen molar-refractivity contribution >= 4 is 44.5 Å². The van der Waals surface area contributed by atoms with Gasteiger partial charge in [0.15, 0.2) is 5.78 Å². The molecule has 2 saturated heterocycles. The monoisotopic (exact) mass is 872 g/mol. The van der Waals surface area contributed by atoms with Crippen molar-refractivity contribution in [3.8, 4) is 11.6 Å². The molecule has 336 valence electrons. The predicted molar refractivity (Wildman–Crippen MR) is 233 cm³/mol. The number of likely N-dealkylation sites (tertiary alicyclic amines) is 1. The molecule has 0 radical (unpaired) electrons. The molecular weight excluding hydrogens is 809 g/mol. The Kier molecular flexibility index (Phi) is 11.3. The third-order valence-corrected chi connectivity index (χ3v) is 17.2.